The number of carboxylic acid groups (broad SMARTS) is 1. The van der Waals surface area contributed by atoms with Gasteiger partial charge in [-0.1, -0.05) is 6.07 Å². The first-order valence-electron chi connectivity index (χ1n) is 5.61. The second-order valence-corrected chi connectivity index (χ2v) is 3.79. The van der Waals surface area contributed by atoms with E-state index in [4.69, 9.17) is 9.84 Å². The first-order chi connectivity index (χ1) is 9.20. The molecule has 2 rings (SSSR count). The summed E-state index contributed by atoms with van der Waals surface area (Å²) in [5.74, 6) is -0.470. The maximum Gasteiger partial charge on any atom is 0.339 e. The summed E-state index contributed by atoms with van der Waals surface area (Å²) in [5.41, 5.74) is 1.59. The maximum atomic E-state index is 11.0. The number of methoxy groups -OCH3 is 1. The van der Waals surface area contributed by atoms with Crippen molar-refractivity contribution in [3.63, 3.8) is 0 Å². The van der Waals surface area contributed by atoms with Crippen LogP contribution < -0.4 is 10.1 Å². The molecule has 2 aromatic heterocycles. The summed E-state index contributed by atoms with van der Waals surface area (Å²) in [6, 6.07) is 5.24. The molecule has 6 heteroatoms. The highest BCUT2D eigenvalue weighted by Gasteiger charge is 2.09. The number of aromatic nitrogens is 2. The Kier molecular flexibility index (Phi) is 3.92. The third-order valence-electron chi connectivity index (χ3n) is 2.54. The summed E-state index contributed by atoms with van der Waals surface area (Å²) in [4.78, 5) is 18.9. The van der Waals surface area contributed by atoms with Crippen molar-refractivity contribution >= 4 is 11.7 Å². The highest BCUT2D eigenvalue weighted by atomic mass is 16.5. The van der Waals surface area contributed by atoms with Crippen LogP contribution in [0.3, 0.4) is 0 Å². The molecule has 0 spiro atoms. The molecule has 0 amide bonds. The average molecular weight is 259 g/mol. The fraction of sp³-hybridized carbons (Fsp3) is 0.154. The Hall–Kier alpha value is -2.63. The lowest BCUT2D eigenvalue weighted by Crippen LogP contribution is -2.07. The van der Waals surface area contributed by atoms with E-state index in [0.717, 1.165) is 5.56 Å². The molecule has 19 heavy (non-hydrogen) atoms. The van der Waals surface area contributed by atoms with Gasteiger partial charge in [-0.05, 0) is 11.6 Å². The van der Waals surface area contributed by atoms with Crippen LogP contribution in [0.15, 0.2) is 36.8 Å². The zero-order chi connectivity index (χ0) is 13.7. The fourth-order valence-electron chi connectivity index (χ4n) is 1.55. The highest BCUT2D eigenvalue weighted by molar-refractivity contribution is 5.93. The first-order valence-corrected chi connectivity index (χ1v) is 5.61. The van der Waals surface area contributed by atoms with Crippen LogP contribution in [-0.4, -0.2) is 28.2 Å². The molecule has 0 saturated heterocycles. The quantitative estimate of drug-likeness (QED) is 0.851. The van der Waals surface area contributed by atoms with Crippen LogP contribution in [0.25, 0.3) is 0 Å². The largest absolute Gasteiger partial charge is 0.481 e. The number of ether oxygens (including phenoxy) is 1. The summed E-state index contributed by atoms with van der Waals surface area (Å²) >= 11 is 0. The number of nitrogens with zero attached hydrogens (tertiary/aromatic N) is 2. The molecule has 2 heterocycles. The Morgan fingerprint density at radius 2 is 2.21 bits per heavy atom. The van der Waals surface area contributed by atoms with Crippen molar-refractivity contribution in [1.29, 1.82) is 0 Å². The van der Waals surface area contributed by atoms with E-state index < -0.39 is 5.97 Å². The lowest BCUT2D eigenvalue weighted by molar-refractivity contribution is 0.0697. The maximum absolute atomic E-state index is 11.0. The van der Waals surface area contributed by atoms with Gasteiger partial charge in [0, 0.05) is 31.2 Å². The van der Waals surface area contributed by atoms with Gasteiger partial charge in [-0.3, -0.25) is 4.98 Å². The number of hydrogen-bond donors (Lipinski definition) is 2. The molecule has 0 aliphatic heterocycles. The Morgan fingerprint density at radius 3 is 2.84 bits per heavy atom. The molecule has 2 N–H and O–H groups in total. The summed E-state index contributed by atoms with van der Waals surface area (Å²) < 4.78 is 4.97. The van der Waals surface area contributed by atoms with Gasteiger partial charge < -0.3 is 15.2 Å². The number of hydrogen-bond acceptors (Lipinski definition) is 5. The zero-order valence-corrected chi connectivity index (χ0v) is 10.3. The number of aromatic carboxylic acids is 1. The number of anilines is 1. The van der Waals surface area contributed by atoms with Gasteiger partial charge in [-0.25, -0.2) is 9.78 Å². The normalized spacial score (nSPS) is 9.95. The smallest absolute Gasteiger partial charge is 0.339 e. The van der Waals surface area contributed by atoms with E-state index in [-0.39, 0.29) is 5.56 Å². The van der Waals surface area contributed by atoms with Crippen molar-refractivity contribution in [2.45, 2.75) is 6.54 Å². The molecule has 0 atom stereocenters. The van der Waals surface area contributed by atoms with Gasteiger partial charge in [-0.2, -0.15) is 0 Å². The molecule has 0 aromatic carbocycles. The Morgan fingerprint density at radius 1 is 1.37 bits per heavy atom. The summed E-state index contributed by atoms with van der Waals surface area (Å²) in [6.07, 6.45) is 4.53. The predicted molar refractivity (Wildman–Crippen MR) is 69.3 cm³/mol. The van der Waals surface area contributed by atoms with Crippen LogP contribution in [0.1, 0.15) is 15.9 Å². The monoisotopic (exact) mass is 259 g/mol. The SMILES string of the molecule is COc1ccc(CNc2ccncc2C(=O)O)cn1. The van der Waals surface area contributed by atoms with Crippen LogP contribution in [0.5, 0.6) is 5.88 Å². The Balaban J connectivity index is 2.07. The lowest BCUT2D eigenvalue weighted by atomic mass is 10.2. The van der Waals surface area contributed by atoms with Crippen molar-refractivity contribution in [3.05, 3.63) is 47.9 Å². The van der Waals surface area contributed by atoms with E-state index in [0.29, 0.717) is 18.1 Å². The first kappa shape index (κ1) is 12.8. The van der Waals surface area contributed by atoms with Gasteiger partial charge in [0.2, 0.25) is 5.88 Å². The van der Waals surface area contributed by atoms with Crippen LogP contribution in [0.2, 0.25) is 0 Å². The number of carboxylic acids is 1. The summed E-state index contributed by atoms with van der Waals surface area (Å²) in [7, 11) is 1.55. The lowest BCUT2D eigenvalue weighted by Gasteiger charge is -2.09. The second kappa shape index (κ2) is 5.81. The molecule has 0 fully saturated rings. The molecule has 0 aliphatic rings. The highest BCUT2D eigenvalue weighted by Crippen LogP contribution is 2.15. The minimum absolute atomic E-state index is 0.143. The molecule has 0 aliphatic carbocycles. The van der Waals surface area contributed by atoms with E-state index >= 15 is 0 Å². The summed E-state index contributed by atoms with van der Waals surface area (Å²) in [6.45, 7) is 0.473. The molecule has 6 nitrogen and oxygen atoms in total. The molecular weight excluding hydrogens is 246 g/mol. The summed E-state index contributed by atoms with van der Waals surface area (Å²) in [5, 5.41) is 12.1. The molecular formula is C13H13N3O3. The number of carbonyl (C=O) groups is 1. The van der Waals surface area contributed by atoms with Gasteiger partial charge in [0.25, 0.3) is 0 Å². The third kappa shape index (κ3) is 3.19. The molecule has 98 valence electrons. The van der Waals surface area contributed by atoms with Crippen LogP contribution in [0, 0.1) is 0 Å². The molecule has 0 bridgehead atoms. The van der Waals surface area contributed by atoms with Crippen molar-refractivity contribution < 1.29 is 14.6 Å². The van der Waals surface area contributed by atoms with E-state index in [1.165, 1.54) is 6.20 Å². The Labute approximate surface area is 110 Å². The van der Waals surface area contributed by atoms with E-state index in [9.17, 15) is 4.79 Å². The van der Waals surface area contributed by atoms with E-state index in [2.05, 4.69) is 15.3 Å². The fourth-order valence-corrected chi connectivity index (χ4v) is 1.55. The molecule has 2 aromatic rings. The van der Waals surface area contributed by atoms with Crippen LogP contribution >= 0.6 is 0 Å². The number of nitrogens with one attached hydrogen (secondary N) is 1. The van der Waals surface area contributed by atoms with Crippen LogP contribution in [-0.2, 0) is 6.54 Å². The zero-order valence-electron chi connectivity index (χ0n) is 10.3. The van der Waals surface area contributed by atoms with Gasteiger partial charge in [-0.15, -0.1) is 0 Å². The molecule has 0 unspecified atom stereocenters. The van der Waals surface area contributed by atoms with E-state index in [1.54, 1.807) is 31.6 Å². The van der Waals surface area contributed by atoms with Gasteiger partial charge in [0.1, 0.15) is 5.56 Å². The van der Waals surface area contributed by atoms with Crippen molar-refractivity contribution in [2.24, 2.45) is 0 Å². The number of rotatable bonds is 5. The number of pyridine rings is 2. The van der Waals surface area contributed by atoms with Gasteiger partial charge >= 0.3 is 5.97 Å². The molecule has 0 radical (unpaired) electrons. The Bertz CT molecular complexity index is 570. The molecule has 0 saturated carbocycles. The average Bonchev–Trinajstić information content (AvgIpc) is 2.46. The standard InChI is InChI=1S/C13H13N3O3/c1-19-12-3-2-9(7-16-12)6-15-11-4-5-14-8-10(11)13(17)18/h2-5,7-8H,6H2,1H3,(H,14,15)(H,17,18). The van der Waals surface area contributed by atoms with Crippen molar-refractivity contribution in [3.8, 4) is 5.88 Å². The van der Waals surface area contributed by atoms with E-state index in [1.807, 2.05) is 6.07 Å². The van der Waals surface area contributed by atoms with Gasteiger partial charge in [0.05, 0.1) is 12.8 Å². The van der Waals surface area contributed by atoms with Crippen LogP contribution in [0.4, 0.5) is 5.69 Å². The van der Waals surface area contributed by atoms with Gasteiger partial charge in [0.15, 0.2) is 0 Å². The minimum Gasteiger partial charge on any atom is -0.481 e. The third-order valence-corrected chi connectivity index (χ3v) is 2.54. The minimum atomic E-state index is -1.01. The topological polar surface area (TPSA) is 84.3 Å². The van der Waals surface area contributed by atoms with Crippen molar-refractivity contribution in [2.75, 3.05) is 12.4 Å². The predicted octanol–water partition coefficient (Wildman–Crippen LogP) is 1.80. The second-order valence-electron chi connectivity index (χ2n) is 3.79. The van der Waals surface area contributed by atoms with Crippen molar-refractivity contribution in [1.82, 2.24) is 9.97 Å².